The van der Waals surface area contributed by atoms with E-state index < -0.39 is 34.4 Å². The van der Waals surface area contributed by atoms with E-state index in [0.717, 1.165) is 23.8 Å². The smallest absolute Gasteiger partial charge is 0.347 e. The van der Waals surface area contributed by atoms with E-state index in [9.17, 15) is 31.1 Å². The Bertz CT molecular complexity index is 1140. The predicted octanol–water partition coefficient (Wildman–Crippen LogP) is 5.84. The summed E-state index contributed by atoms with van der Waals surface area (Å²) in [5, 5.41) is 2.29. The lowest BCUT2D eigenvalue weighted by atomic mass is 10.1. The number of nitrogens with one attached hydrogen (secondary N) is 1. The highest BCUT2D eigenvalue weighted by Gasteiger charge is 2.39. The van der Waals surface area contributed by atoms with Crippen molar-refractivity contribution in [3.05, 3.63) is 75.8 Å². The standard InChI is InChI=1S/C22H19F6N3OS/c1-31(2)12-14-6-3-7-15(9-14)20-30-18(22(26,27)28)17(33-20)19(32)29-11-13-5-4-8-16(10-13)21(23,24)25/h3-10H,11-12H2,1-2H3,(H,29,32). The zero-order valence-electron chi connectivity index (χ0n) is 17.5. The molecule has 4 nitrogen and oxygen atoms in total. The molecule has 1 aromatic heterocycles. The molecule has 0 radical (unpaired) electrons. The summed E-state index contributed by atoms with van der Waals surface area (Å²) >= 11 is 0.581. The van der Waals surface area contributed by atoms with Gasteiger partial charge in [0.05, 0.1) is 5.56 Å². The van der Waals surface area contributed by atoms with Crippen LogP contribution in [0.3, 0.4) is 0 Å². The summed E-state index contributed by atoms with van der Waals surface area (Å²) in [7, 11) is 3.70. The second-order valence-corrected chi connectivity index (χ2v) is 8.51. The summed E-state index contributed by atoms with van der Waals surface area (Å²) in [6.07, 6.45) is -9.45. The minimum absolute atomic E-state index is 0.0205. The lowest BCUT2D eigenvalue weighted by molar-refractivity contribution is -0.141. The molecule has 0 aliphatic rings. The molecule has 0 aliphatic heterocycles. The molecule has 1 amide bonds. The molecule has 3 aromatic rings. The molecule has 1 N–H and O–H groups in total. The average Bonchev–Trinajstić information content (AvgIpc) is 3.18. The Balaban J connectivity index is 1.87. The Kier molecular flexibility index (Phi) is 7.13. The zero-order valence-corrected chi connectivity index (χ0v) is 18.3. The minimum Gasteiger partial charge on any atom is -0.347 e. The SMILES string of the molecule is CN(C)Cc1cccc(-c2nc(C(F)(F)F)c(C(=O)NCc3cccc(C(F)(F)F)c3)s2)c1. The summed E-state index contributed by atoms with van der Waals surface area (Å²) in [5.74, 6) is -1.06. The van der Waals surface area contributed by atoms with Crippen LogP contribution in [-0.4, -0.2) is 29.9 Å². The van der Waals surface area contributed by atoms with Gasteiger partial charge in [-0.25, -0.2) is 4.98 Å². The maximum Gasteiger partial charge on any atom is 0.435 e. The molecular formula is C22H19F6N3OS. The molecule has 1 heterocycles. The van der Waals surface area contributed by atoms with Crippen LogP contribution in [0.2, 0.25) is 0 Å². The molecule has 0 aliphatic carbocycles. The van der Waals surface area contributed by atoms with Crippen LogP contribution in [0.5, 0.6) is 0 Å². The molecule has 0 unspecified atom stereocenters. The summed E-state index contributed by atoms with van der Waals surface area (Å²) in [5.41, 5.74) is -0.851. The molecule has 3 rings (SSSR count). The van der Waals surface area contributed by atoms with E-state index in [1.54, 1.807) is 18.2 Å². The van der Waals surface area contributed by atoms with Gasteiger partial charge in [0.1, 0.15) is 9.88 Å². The molecule has 0 spiro atoms. The number of hydrogen-bond acceptors (Lipinski definition) is 4. The topological polar surface area (TPSA) is 45.2 Å². The van der Waals surface area contributed by atoms with Crippen molar-refractivity contribution in [1.29, 1.82) is 0 Å². The van der Waals surface area contributed by atoms with Gasteiger partial charge in [-0.05, 0) is 43.4 Å². The predicted molar refractivity (Wildman–Crippen MR) is 113 cm³/mol. The fraction of sp³-hybridized carbons (Fsp3) is 0.273. The van der Waals surface area contributed by atoms with Gasteiger partial charge in [0.2, 0.25) is 0 Å². The molecule has 0 saturated carbocycles. The van der Waals surface area contributed by atoms with Crippen LogP contribution in [0.1, 0.15) is 32.1 Å². The van der Waals surface area contributed by atoms with Crippen molar-refractivity contribution in [1.82, 2.24) is 15.2 Å². The summed E-state index contributed by atoms with van der Waals surface area (Å²) < 4.78 is 79.3. The van der Waals surface area contributed by atoms with Crippen molar-refractivity contribution in [2.75, 3.05) is 14.1 Å². The monoisotopic (exact) mass is 487 g/mol. The van der Waals surface area contributed by atoms with Crippen LogP contribution in [-0.2, 0) is 25.4 Å². The number of benzene rings is 2. The number of hydrogen-bond donors (Lipinski definition) is 1. The molecule has 0 saturated heterocycles. The largest absolute Gasteiger partial charge is 0.435 e. The van der Waals surface area contributed by atoms with E-state index in [0.29, 0.717) is 23.4 Å². The molecule has 0 fully saturated rings. The van der Waals surface area contributed by atoms with Crippen molar-refractivity contribution >= 4 is 17.2 Å². The normalized spacial score (nSPS) is 12.3. The van der Waals surface area contributed by atoms with Crippen molar-refractivity contribution in [3.8, 4) is 10.6 Å². The van der Waals surface area contributed by atoms with Crippen molar-refractivity contribution < 1.29 is 31.1 Å². The third kappa shape index (κ3) is 6.32. The van der Waals surface area contributed by atoms with Crippen molar-refractivity contribution in [2.45, 2.75) is 25.4 Å². The van der Waals surface area contributed by atoms with Gasteiger partial charge in [-0.3, -0.25) is 4.79 Å². The zero-order chi connectivity index (χ0) is 24.4. The van der Waals surface area contributed by atoms with Crippen LogP contribution in [0.15, 0.2) is 48.5 Å². The fourth-order valence-corrected chi connectivity index (χ4v) is 4.08. The minimum atomic E-state index is -4.88. The molecule has 0 bridgehead atoms. The number of alkyl halides is 6. The van der Waals surface area contributed by atoms with Gasteiger partial charge in [-0.1, -0.05) is 30.3 Å². The second-order valence-electron chi connectivity index (χ2n) is 7.51. The van der Waals surface area contributed by atoms with Gasteiger partial charge in [0.15, 0.2) is 5.69 Å². The number of carbonyl (C=O) groups excluding carboxylic acids is 1. The molecule has 176 valence electrons. The number of aromatic nitrogens is 1. The Hall–Kier alpha value is -2.92. The third-order valence-corrected chi connectivity index (χ3v) is 5.59. The highest BCUT2D eigenvalue weighted by Crippen LogP contribution is 2.38. The van der Waals surface area contributed by atoms with Crippen LogP contribution >= 0.6 is 11.3 Å². The number of nitrogens with zero attached hydrogens (tertiary/aromatic N) is 2. The molecule has 0 atom stereocenters. The van der Waals surface area contributed by atoms with E-state index >= 15 is 0 Å². The van der Waals surface area contributed by atoms with Crippen LogP contribution in [0, 0.1) is 0 Å². The van der Waals surface area contributed by atoms with Crippen LogP contribution in [0.4, 0.5) is 26.3 Å². The van der Waals surface area contributed by atoms with Gasteiger partial charge in [-0.15, -0.1) is 11.3 Å². The van der Waals surface area contributed by atoms with Gasteiger partial charge >= 0.3 is 12.4 Å². The van der Waals surface area contributed by atoms with Gasteiger partial charge in [-0.2, -0.15) is 26.3 Å². The van der Waals surface area contributed by atoms with Gasteiger partial charge in [0.25, 0.3) is 5.91 Å². The van der Waals surface area contributed by atoms with E-state index in [-0.39, 0.29) is 17.1 Å². The molecule has 2 aromatic carbocycles. The van der Waals surface area contributed by atoms with Crippen molar-refractivity contribution in [2.24, 2.45) is 0 Å². The second kappa shape index (κ2) is 9.52. The first kappa shape index (κ1) is 24.7. The van der Waals surface area contributed by atoms with Gasteiger partial charge in [0, 0.05) is 18.7 Å². The number of carbonyl (C=O) groups is 1. The summed E-state index contributed by atoms with van der Waals surface area (Å²) in [6.45, 7) is 0.196. The fourth-order valence-electron chi connectivity index (χ4n) is 3.08. The van der Waals surface area contributed by atoms with E-state index in [1.807, 2.05) is 25.1 Å². The van der Waals surface area contributed by atoms with Crippen LogP contribution < -0.4 is 5.32 Å². The maximum atomic E-state index is 13.6. The molecule has 33 heavy (non-hydrogen) atoms. The van der Waals surface area contributed by atoms with E-state index in [2.05, 4.69) is 10.3 Å². The Morgan fingerprint density at radius 2 is 1.64 bits per heavy atom. The summed E-state index contributed by atoms with van der Waals surface area (Å²) in [4.78, 5) is 17.5. The Labute approximate surface area is 189 Å². The first-order valence-electron chi connectivity index (χ1n) is 9.61. The van der Waals surface area contributed by atoms with Crippen LogP contribution in [0.25, 0.3) is 10.6 Å². The number of amides is 1. The van der Waals surface area contributed by atoms with E-state index in [1.165, 1.54) is 6.07 Å². The maximum absolute atomic E-state index is 13.6. The van der Waals surface area contributed by atoms with Crippen molar-refractivity contribution in [3.63, 3.8) is 0 Å². The average molecular weight is 487 g/mol. The number of halogens is 6. The quantitative estimate of drug-likeness (QED) is 0.445. The summed E-state index contributed by atoms with van der Waals surface area (Å²) in [6, 6.07) is 11.0. The molecule has 11 heteroatoms. The highest BCUT2D eigenvalue weighted by molar-refractivity contribution is 7.17. The third-order valence-electron chi connectivity index (χ3n) is 4.48. The first-order chi connectivity index (χ1) is 15.3. The lowest BCUT2D eigenvalue weighted by Crippen LogP contribution is -2.25. The highest BCUT2D eigenvalue weighted by atomic mass is 32.1. The first-order valence-corrected chi connectivity index (χ1v) is 10.4. The number of thiazole rings is 1. The Morgan fingerprint density at radius 3 is 2.27 bits per heavy atom. The molecular weight excluding hydrogens is 468 g/mol. The van der Waals surface area contributed by atoms with E-state index in [4.69, 9.17) is 0 Å². The van der Waals surface area contributed by atoms with Gasteiger partial charge < -0.3 is 10.2 Å². The number of rotatable bonds is 6. The lowest BCUT2D eigenvalue weighted by Gasteiger charge is -2.10. The Morgan fingerprint density at radius 1 is 0.970 bits per heavy atom.